The van der Waals surface area contributed by atoms with Crippen LogP contribution in [-0.4, -0.2) is 24.0 Å². The normalized spacial score (nSPS) is 17.8. The molecule has 2 aliphatic rings. The third-order valence-electron chi connectivity index (χ3n) is 3.57. The van der Waals surface area contributed by atoms with Gasteiger partial charge in [-0.2, -0.15) is 4.74 Å². The molecule has 0 unspecified atom stereocenters. The second-order valence-corrected chi connectivity index (χ2v) is 4.64. The van der Waals surface area contributed by atoms with E-state index >= 15 is 0 Å². The van der Waals surface area contributed by atoms with Gasteiger partial charge in [-0.05, 0) is 37.1 Å². The summed E-state index contributed by atoms with van der Waals surface area (Å²) in [7, 11) is 0. The summed E-state index contributed by atoms with van der Waals surface area (Å²) < 4.78 is 0.877. The number of nitrogens with zero attached hydrogens (tertiary/aromatic N) is 2. The third kappa shape index (κ3) is 1.78. The van der Waals surface area contributed by atoms with Gasteiger partial charge in [-0.1, -0.05) is 6.07 Å². The van der Waals surface area contributed by atoms with E-state index in [1.54, 1.807) is 12.4 Å². The molecule has 0 fully saturated rings. The number of nitrogens with one attached hydrogen (secondary N) is 1. The number of hydrogen-bond acceptors (Lipinski definition) is 3. The van der Waals surface area contributed by atoms with Crippen molar-refractivity contribution in [1.29, 1.82) is 0 Å². The molecule has 18 heavy (non-hydrogen) atoms. The van der Waals surface area contributed by atoms with Crippen LogP contribution < -0.4 is 10.2 Å². The lowest BCUT2D eigenvalue weighted by atomic mass is 9.95. The van der Waals surface area contributed by atoms with E-state index in [4.69, 9.17) is 0 Å². The van der Waals surface area contributed by atoms with E-state index in [2.05, 4.69) is 23.2 Å². The molecule has 0 saturated heterocycles. The fraction of sp³-hybridized carbons (Fsp3) is 0.357. The molecule has 4 heteroatoms. The van der Waals surface area contributed by atoms with Crippen LogP contribution in [0.15, 0.2) is 24.5 Å². The summed E-state index contributed by atoms with van der Waals surface area (Å²) in [4.78, 5) is 2.16. The average Bonchev–Trinajstić information content (AvgIpc) is 2.57. The van der Waals surface area contributed by atoms with Crippen LogP contribution in [0.4, 0.5) is 5.69 Å². The van der Waals surface area contributed by atoms with Crippen molar-refractivity contribution in [3.63, 3.8) is 0 Å². The molecule has 0 saturated carbocycles. The molecule has 2 aliphatic heterocycles. The topological polar surface area (TPSA) is 41.3 Å². The van der Waals surface area contributed by atoms with E-state index in [-0.39, 0.29) is 0 Å². The van der Waals surface area contributed by atoms with Crippen molar-refractivity contribution < 1.29 is 4.74 Å². The van der Waals surface area contributed by atoms with Crippen molar-refractivity contribution in [2.24, 2.45) is 0 Å². The van der Waals surface area contributed by atoms with E-state index in [9.17, 15) is 5.21 Å². The number of hydrogen-bond donors (Lipinski definition) is 1. The maximum atomic E-state index is 11.6. The van der Waals surface area contributed by atoms with Crippen molar-refractivity contribution in [3.8, 4) is 0 Å². The van der Waals surface area contributed by atoms with Crippen molar-refractivity contribution in [2.45, 2.75) is 19.9 Å². The summed E-state index contributed by atoms with van der Waals surface area (Å²) in [5, 5.41) is 15.0. The molecule has 0 aliphatic carbocycles. The van der Waals surface area contributed by atoms with Crippen molar-refractivity contribution in [1.82, 2.24) is 5.32 Å². The van der Waals surface area contributed by atoms with E-state index in [1.807, 2.05) is 12.3 Å². The molecule has 2 heterocycles. The first-order valence-electron chi connectivity index (χ1n) is 6.40. The van der Waals surface area contributed by atoms with Gasteiger partial charge in [-0.15, -0.1) is 0 Å². The quantitative estimate of drug-likeness (QED) is 0.601. The first kappa shape index (κ1) is 11.3. The molecule has 0 atom stereocenters. The lowest BCUT2D eigenvalue weighted by Gasteiger charge is -2.26. The van der Waals surface area contributed by atoms with Gasteiger partial charge in [-0.25, -0.2) is 0 Å². The van der Waals surface area contributed by atoms with Crippen molar-refractivity contribution in [2.75, 3.05) is 18.0 Å². The average molecular weight is 243 g/mol. The number of fused-ring (bicyclic) bond motifs is 3. The molecule has 4 nitrogen and oxygen atoms in total. The molecule has 1 N–H and O–H groups in total. The molecular weight excluding hydrogens is 226 g/mol. The summed E-state index contributed by atoms with van der Waals surface area (Å²) in [5.74, 6) is 0. The SMILES string of the molecule is CCN1C=C[N+]([O-])=Cc2ccc3c(c21)CCNC3. The molecule has 0 bridgehead atoms. The van der Waals surface area contributed by atoms with Gasteiger partial charge in [-0.3, -0.25) is 0 Å². The maximum Gasteiger partial charge on any atom is 0.196 e. The van der Waals surface area contributed by atoms with E-state index < -0.39 is 0 Å². The van der Waals surface area contributed by atoms with Crippen LogP contribution >= 0.6 is 0 Å². The van der Waals surface area contributed by atoms with Crippen molar-refractivity contribution in [3.05, 3.63) is 46.4 Å². The Balaban J connectivity index is 2.21. The molecule has 0 spiro atoms. The Labute approximate surface area is 107 Å². The third-order valence-corrected chi connectivity index (χ3v) is 3.57. The summed E-state index contributed by atoms with van der Waals surface area (Å²) >= 11 is 0. The Morgan fingerprint density at radius 2 is 2.33 bits per heavy atom. The largest absolute Gasteiger partial charge is 0.619 e. The first-order valence-corrected chi connectivity index (χ1v) is 6.40. The highest BCUT2D eigenvalue weighted by Gasteiger charge is 2.21. The molecule has 94 valence electrons. The van der Waals surface area contributed by atoms with Crippen LogP contribution in [0.1, 0.15) is 23.6 Å². The Kier molecular flexibility index (Phi) is 2.80. The first-order chi connectivity index (χ1) is 8.79. The molecule has 3 rings (SSSR count). The second-order valence-electron chi connectivity index (χ2n) is 4.64. The van der Waals surface area contributed by atoms with Gasteiger partial charge in [0.25, 0.3) is 0 Å². The number of benzene rings is 1. The molecule has 0 radical (unpaired) electrons. The Bertz CT molecular complexity index is 534. The maximum absolute atomic E-state index is 11.6. The van der Waals surface area contributed by atoms with E-state index in [1.165, 1.54) is 16.8 Å². The lowest BCUT2D eigenvalue weighted by Crippen LogP contribution is -2.27. The lowest BCUT2D eigenvalue weighted by molar-refractivity contribution is -0.372. The molecular formula is C14H17N3O. The van der Waals surface area contributed by atoms with Gasteiger partial charge in [0.15, 0.2) is 12.4 Å². The Morgan fingerprint density at radius 3 is 3.17 bits per heavy atom. The fourth-order valence-corrected chi connectivity index (χ4v) is 2.68. The zero-order chi connectivity index (χ0) is 12.5. The van der Waals surface area contributed by atoms with Crippen LogP contribution in [0.25, 0.3) is 0 Å². The minimum atomic E-state index is 0.870. The van der Waals surface area contributed by atoms with E-state index in [0.29, 0.717) is 0 Å². The number of rotatable bonds is 1. The standard InChI is InChI=1S/C14H17N3O/c1-2-16-7-8-17(18)10-12-4-3-11-9-15-6-5-13(11)14(12)16/h3-4,7-8,10,15H,2,5-6,9H2,1H3. The molecule has 0 amide bonds. The minimum absolute atomic E-state index is 0.870. The van der Waals surface area contributed by atoms with Crippen LogP contribution in [-0.2, 0) is 13.0 Å². The molecule has 1 aromatic carbocycles. The van der Waals surface area contributed by atoms with E-state index in [0.717, 1.165) is 36.4 Å². The highest BCUT2D eigenvalue weighted by Crippen LogP contribution is 2.31. The summed E-state index contributed by atoms with van der Waals surface area (Å²) in [6.07, 6.45) is 6.12. The van der Waals surface area contributed by atoms with Crippen LogP contribution in [0.2, 0.25) is 0 Å². The Morgan fingerprint density at radius 1 is 1.44 bits per heavy atom. The summed E-state index contributed by atoms with van der Waals surface area (Å²) in [6, 6.07) is 4.17. The molecule has 0 aromatic heterocycles. The van der Waals surface area contributed by atoms with Crippen LogP contribution in [0.3, 0.4) is 0 Å². The van der Waals surface area contributed by atoms with Crippen molar-refractivity contribution >= 4 is 11.9 Å². The molecule has 1 aromatic rings. The minimum Gasteiger partial charge on any atom is -0.619 e. The summed E-state index contributed by atoms with van der Waals surface area (Å²) in [6.45, 7) is 4.90. The van der Waals surface area contributed by atoms with Gasteiger partial charge in [0.1, 0.15) is 0 Å². The number of hydroxylamine groups is 1. The zero-order valence-corrected chi connectivity index (χ0v) is 10.5. The fourth-order valence-electron chi connectivity index (χ4n) is 2.68. The van der Waals surface area contributed by atoms with Crippen LogP contribution in [0, 0.1) is 5.21 Å². The highest BCUT2D eigenvalue weighted by molar-refractivity contribution is 5.88. The van der Waals surface area contributed by atoms with Gasteiger partial charge in [0.05, 0.1) is 17.5 Å². The monoisotopic (exact) mass is 243 g/mol. The summed E-state index contributed by atoms with van der Waals surface area (Å²) in [5.41, 5.74) is 4.94. The second kappa shape index (κ2) is 4.46. The number of anilines is 1. The van der Waals surface area contributed by atoms with Gasteiger partial charge < -0.3 is 15.4 Å². The smallest absolute Gasteiger partial charge is 0.196 e. The van der Waals surface area contributed by atoms with Gasteiger partial charge in [0, 0.05) is 13.1 Å². The zero-order valence-electron chi connectivity index (χ0n) is 10.5. The highest BCUT2D eigenvalue weighted by atomic mass is 16.5. The van der Waals surface area contributed by atoms with Gasteiger partial charge >= 0.3 is 0 Å². The predicted molar refractivity (Wildman–Crippen MR) is 72.8 cm³/mol. The van der Waals surface area contributed by atoms with Crippen LogP contribution in [0.5, 0.6) is 0 Å². The predicted octanol–water partition coefficient (Wildman–Crippen LogP) is 1.57. The Hall–Kier alpha value is -1.81. The van der Waals surface area contributed by atoms with Gasteiger partial charge in [0.2, 0.25) is 0 Å².